The Bertz CT molecular complexity index is 699. The maximum atomic E-state index is 12.1. The normalized spacial score (nSPS) is 11.1. The number of hydrogen-bond acceptors (Lipinski definition) is 3. The van der Waals surface area contributed by atoms with Gasteiger partial charge in [0.1, 0.15) is 13.0 Å². The van der Waals surface area contributed by atoms with Gasteiger partial charge in [-0.3, -0.25) is 14.3 Å². The topological polar surface area (TPSA) is 76.0 Å². The second kappa shape index (κ2) is 7.62. The summed E-state index contributed by atoms with van der Waals surface area (Å²) in [5.41, 5.74) is 1.05. The van der Waals surface area contributed by atoms with E-state index < -0.39 is 18.5 Å². The van der Waals surface area contributed by atoms with Crippen LogP contribution in [-0.2, 0) is 22.7 Å². The highest BCUT2D eigenvalue weighted by atomic mass is 19.4. The Balaban J connectivity index is 1.87. The van der Waals surface area contributed by atoms with Crippen molar-refractivity contribution in [3.8, 4) is 0 Å². The number of amides is 2. The van der Waals surface area contributed by atoms with Crippen LogP contribution in [0.3, 0.4) is 0 Å². The lowest BCUT2D eigenvalue weighted by atomic mass is 10.2. The van der Waals surface area contributed by atoms with Gasteiger partial charge in [0, 0.05) is 24.6 Å². The molecule has 0 saturated carbocycles. The van der Waals surface area contributed by atoms with Crippen molar-refractivity contribution in [1.29, 1.82) is 0 Å². The van der Waals surface area contributed by atoms with E-state index in [4.69, 9.17) is 0 Å². The Morgan fingerprint density at radius 1 is 1.17 bits per heavy atom. The molecule has 2 amide bonds. The number of anilines is 1. The molecule has 128 valence electrons. The second-order valence-corrected chi connectivity index (χ2v) is 5.02. The predicted molar refractivity (Wildman–Crippen MR) is 79.8 cm³/mol. The molecule has 0 unspecified atom stereocenters. The third-order valence-electron chi connectivity index (χ3n) is 2.93. The highest BCUT2D eigenvalue weighted by Gasteiger charge is 2.30. The van der Waals surface area contributed by atoms with Crippen molar-refractivity contribution < 1.29 is 22.8 Å². The summed E-state index contributed by atoms with van der Waals surface area (Å²) in [5.74, 6) is -1.40. The smallest absolute Gasteiger partial charge is 0.352 e. The highest BCUT2D eigenvalue weighted by molar-refractivity contribution is 5.90. The summed E-state index contributed by atoms with van der Waals surface area (Å²) in [6, 6.07) is 8.18. The van der Waals surface area contributed by atoms with Gasteiger partial charge in [0.15, 0.2) is 0 Å². The number of aromatic nitrogens is 2. The van der Waals surface area contributed by atoms with Crippen molar-refractivity contribution >= 4 is 17.5 Å². The van der Waals surface area contributed by atoms with Crippen molar-refractivity contribution in [3.63, 3.8) is 0 Å². The van der Waals surface area contributed by atoms with E-state index >= 15 is 0 Å². The molecule has 6 nitrogen and oxygen atoms in total. The molecule has 0 aliphatic carbocycles. The highest BCUT2D eigenvalue weighted by Crippen LogP contribution is 2.19. The maximum Gasteiger partial charge on any atom is 0.397 e. The first-order chi connectivity index (χ1) is 11.3. The molecule has 0 radical (unpaired) electrons. The fourth-order valence-corrected chi connectivity index (χ4v) is 1.95. The van der Waals surface area contributed by atoms with Crippen molar-refractivity contribution in [2.75, 3.05) is 5.32 Å². The molecule has 0 fully saturated rings. The Morgan fingerprint density at radius 3 is 2.62 bits per heavy atom. The molecule has 1 aromatic heterocycles. The Morgan fingerprint density at radius 2 is 1.96 bits per heavy atom. The average Bonchev–Trinajstić information content (AvgIpc) is 2.96. The number of alkyl halides is 3. The molecular weight excluding hydrogens is 325 g/mol. The molecule has 9 heteroatoms. The Labute approximate surface area is 135 Å². The van der Waals surface area contributed by atoms with Gasteiger partial charge in [-0.05, 0) is 23.8 Å². The summed E-state index contributed by atoms with van der Waals surface area (Å²) in [7, 11) is 0. The van der Waals surface area contributed by atoms with Crippen LogP contribution in [0.25, 0.3) is 0 Å². The van der Waals surface area contributed by atoms with Gasteiger partial charge in [-0.2, -0.15) is 18.3 Å². The van der Waals surface area contributed by atoms with Gasteiger partial charge >= 0.3 is 6.18 Å². The van der Waals surface area contributed by atoms with Crippen LogP contribution in [0.5, 0.6) is 0 Å². The largest absolute Gasteiger partial charge is 0.397 e. The maximum absolute atomic E-state index is 12.1. The Kier molecular flexibility index (Phi) is 5.56. The fourth-order valence-electron chi connectivity index (χ4n) is 1.95. The zero-order valence-electron chi connectivity index (χ0n) is 12.5. The number of halogens is 3. The van der Waals surface area contributed by atoms with Crippen molar-refractivity contribution in [2.24, 2.45) is 0 Å². The van der Waals surface area contributed by atoms with Crippen LogP contribution in [0.2, 0.25) is 0 Å². The minimum absolute atomic E-state index is 0.0412. The summed E-state index contributed by atoms with van der Waals surface area (Å²) in [6.45, 7) is -0.0165. The molecule has 0 spiro atoms. The SMILES string of the molecule is O=C(CC(F)(F)F)NCc1cccc(NC(=O)Cn2cccn2)c1. The average molecular weight is 340 g/mol. The lowest BCUT2D eigenvalue weighted by Crippen LogP contribution is -2.28. The van der Waals surface area contributed by atoms with Crippen molar-refractivity contribution in [2.45, 2.75) is 25.7 Å². The van der Waals surface area contributed by atoms with E-state index in [9.17, 15) is 22.8 Å². The summed E-state index contributed by atoms with van der Waals surface area (Å²) in [5, 5.41) is 8.75. The number of carbonyl (C=O) groups is 2. The second-order valence-electron chi connectivity index (χ2n) is 5.02. The molecule has 2 aromatic rings. The van der Waals surface area contributed by atoms with Crippen LogP contribution in [0.4, 0.5) is 18.9 Å². The van der Waals surface area contributed by atoms with E-state index in [0.717, 1.165) is 0 Å². The first kappa shape index (κ1) is 17.5. The van der Waals surface area contributed by atoms with Gasteiger partial charge in [0.25, 0.3) is 0 Å². The molecular formula is C15H15F3N4O2. The van der Waals surface area contributed by atoms with Gasteiger partial charge < -0.3 is 10.6 Å². The summed E-state index contributed by atoms with van der Waals surface area (Å²) < 4.78 is 37.7. The van der Waals surface area contributed by atoms with Crippen LogP contribution in [0.1, 0.15) is 12.0 Å². The summed E-state index contributed by atoms with van der Waals surface area (Å²) in [6.07, 6.45) is -2.86. The number of nitrogens with one attached hydrogen (secondary N) is 2. The van der Waals surface area contributed by atoms with Gasteiger partial charge in [-0.15, -0.1) is 0 Å². The molecule has 0 aliphatic heterocycles. The van der Waals surface area contributed by atoms with Crippen molar-refractivity contribution in [3.05, 3.63) is 48.3 Å². The van der Waals surface area contributed by atoms with Crippen LogP contribution in [0.15, 0.2) is 42.7 Å². The minimum atomic E-state index is -4.54. The zero-order chi connectivity index (χ0) is 17.6. The van der Waals surface area contributed by atoms with E-state index in [1.165, 1.54) is 4.68 Å². The third-order valence-corrected chi connectivity index (χ3v) is 2.93. The lowest BCUT2D eigenvalue weighted by Gasteiger charge is -2.10. The molecule has 1 aromatic carbocycles. The Hall–Kier alpha value is -2.84. The molecule has 0 bridgehead atoms. The van der Waals surface area contributed by atoms with E-state index in [0.29, 0.717) is 11.3 Å². The number of rotatable bonds is 6. The van der Waals surface area contributed by atoms with Gasteiger partial charge in [0.2, 0.25) is 11.8 Å². The minimum Gasteiger partial charge on any atom is -0.352 e. The molecule has 2 rings (SSSR count). The van der Waals surface area contributed by atoms with E-state index in [1.54, 1.807) is 42.7 Å². The quantitative estimate of drug-likeness (QED) is 0.845. The monoisotopic (exact) mass is 340 g/mol. The molecule has 0 atom stereocenters. The first-order valence-corrected chi connectivity index (χ1v) is 7.01. The standard InChI is InChI=1S/C15H15F3N4O2/c16-15(17,18)8-13(23)19-9-11-3-1-4-12(7-11)21-14(24)10-22-6-2-5-20-22/h1-7H,8-10H2,(H,19,23)(H,21,24). The molecule has 0 saturated heterocycles. The molecule has 2 N–H and O–H groups in total. The van der Waals surface area contributed by atoms with Gasteiger partial charge in [0.05, 0.1) is 0 Å². The van der Waals surface area contributed by atoms with E-state index in [-0.39, 0.29) is 19.0 Å². The molecule has 1 heterocycles. The van der Waals surface area contributed by atoms with Gasteiger partial charge in [-0.25, -0.2) is 0 Å². The first-order valence-electron chi connectivity index (χ1n) is 7.01. The van der Waals surface area contributed by atoms with E-state index in [1.807, 2.05) is 0 Å². The summed E-state index contributed by atoms with van der Waals surface area (Å²) >= 11 is 0. The van der Waals surface area contributed by atoms with Crippen LogP contribution < -0.4 is 10.6 Å². The lowest BCUT2D eigenvalue weighted by molar-refractivity contribution is -0.153. The zero-order valence-corrected chi connectivity index (χ0v) is 12.5. The van der Waals surface area contributed by atoms with E-state index in [2.05, 4.69) is 15.7 Å². The van der Waals surface area contributed by atoms with Crippen LogP contribution in [-0.4, -0.2) is 27.8 Å². The number of benzene rings is 1. The number of nitrogens with zero attached hydrogens (tertiary/aromatic N) is 2. The van der Waals surface area contributed by atoms with Crippen LogP contribution >= 0.6 is 0 Å². The fraction of sp³-hybridized carbons (Fsp3) is 0.267. The number of carbonyl (C=O) groups excluding carboxylic acids is 2. The molecule has 24 heavy (non-hydrogen) atoms. The summed E-state index contributed by atoms with van der Waals surface area (Å²) in [4.78, 5) is 23.0. The number of hydrogen-bond donors (Lipinski definition) is 2. The third kappa shape index (κ3) is 6.11. The molecule has 0 aliphatic rings. The predicted octanol–water partition coefficient (Wildman–Crippen LogP) is 2.09. The van der Waals surface area contributed by atoms with Gasteiger partial charge in [-0.1, -0.05) is 12.1 Å². The van der Waals surface area contributed by atoms with Crippen LogP contribution in [0, 0.1) is 0 Å². The van der Waals surface area contributed by atoms with Crippen molar-refractivity contribution in [1.82, 2.24) is 15.1 Å².